The molecular formula is C21H17N5O4S. The van der Waals surface area contributed by atoms with E-state index in [4.69, 9.17) is 4.42 Å². The van der Waals surface area contributed by atoms with Crippen molar-refractivity contribution in [2.24, 2.45) is 0 Å². The Hall–Kier alpha value is -3.84. The van der Waals surface area contributed by atoms with Crippen LogP contribution in [-0.4, -0.2) is 40.0 Å². The van der Waals surface area contributed by atoms with Crippen LogP contribution in [0.3, 0.4) is 0 Å². The molecule has 1 saturated heterocycles. The topological polar surface area (TPSA) is 129 Å². The molecule has 31 heavy (non-hydrogen) atoms. The number of nitrogens with zero attached hydrogens (tertiary/aromatic N) is 4. The van der Waals surface area contributed by atoms with Gasteiger partial charge in [-0.05, 0) is 31.1 Å². The number of carbonyl (C=O) groups is 2. The van der Waals surface area contributed by atoms with Crippen molar-refractivity contribution in [2.75, 3.05) is 18.4 Å². The van der Waals surface area contributed by atoms with E-state index in [-0.39, 0.29) is 34.0 Å². The van der Waals surface area contributed by atoms with Crippen molar-refractivity contribution >= 4 is 45.3 Å². The quantitative estimate of drug-likeness (QED) is 0.481. The van der Waals surface area contributed by atoms with Gasteiger partial charge in [0.15, 0.2) is 5.43 Å². The standard InChI is InChI=1S/C21H17N5O4S/c22-11-13(9-14-12-30-16-6-2-1-5-15(16)19(14)28)20(29)23-21-25-24-17(31-21)10-18(27)26-7-3-4-8-26/h1-2,5-6,9,12H,3-4,7-8,10H2,(H,23,25,29)/b13-9-. The van der Waals surface area contributed by atoms with E-state index in [2.05, 4.69) is 15.5 Å². The lowest BCUT2D eigenvalue weighted by Crippen LogP contribution is -2.28. The lowest BCUT2D eigenvalue weighted by molar-refractivity contribution is -0.129. The molecule has 0 aliphatic carbocycles. The van der Waals surface area contributed by atoms with Crippen molar-refractivity contribution in [3.8, 4) is 6.07 Å². The monoisotopic (exact) mass is 435 g/mol. The second-order valence-corrected chi connectivity index (χ2v) is 7.97. The summed E-state index contributed by atoms with van der Waals surface area (Å²) < 4.78 is 5.41. The number of rotatable bonds is 5. The van der Waals surface area contributed by atoms with E-state index in [1.807, 2.05) is 0 Å². The summed E-state index contributed by atoms with van der Waals surface area (Å²) >= 11 is 1.07. The van der Waals surface area contributed by atoms with Crippen LogP contribution in [0, 0.1) is 11.3 Å². The maximum Gasteiger partial charge on any atom is 0.268 e. The van der Waals surface area contributed by atoms with Crippen LogP contribution in [0.4, 0.5) is 5.13 Å². The first-order chi connectivity index (χ1) is 15.0. The van der Waals surface area contributed by atoms with E-state index in [0.717, 1.165) is 37.3 Å². The van der Waals surface area contributed by atoms with Crippen LogP contribution in [0.1, 0.15) is 23.4 Å². The van der Waals surface area contributed by atoms with E-state index < -0.39 is 5.91 Å². The molecule has 0 saturated carbocycles. The molecule has 9 nitrogen and oxygen atoms in total. The first-order valence-corrected chi connectivity index (χ1v) is 10.4. The fourth-order valence-corrected chi connectivity index (χ4v) is 3.97. The van der Waals surface area contributed by atoms with Gasteiger partial charge in [-0.15, -0.1) is 10.2 Å². The smallest absolute Gasteiger partial charge is 0.268 e. The molecule has 0 radical (unpaired) electrons. The normalized spacial score (nSPS) is 13.9. The number of para-hydroxylation sites is 1. The molecule has 3 aromatic rings. The molecule has 1 N–H and O–H groups in total. The van der Waals surface area contributed by atoms with E-state index in [9.17, 15) is 19.6 Å². The van der Waals surface area contributed by atoms with Gasteiger partial charge in [-0.25, -0.2) is 0 Å². The Labute approximate surface area is 180 Å². The van der Waals surface area contributed by atoms with Crippen LogP contribution in [0.5, 0.6) is 0 Å². The molecule has 2 amide bonds. The number of likely N-dealkylation sites (tertiary alicyclic amines) is 1. The molecule has 4 rings (SSSR count). The number of aromatic nitrogens is 2. The average molecular weight is 435 g/mol. The Kier molecular flexibility index (Phi) is 5.86. The van der Waals surface area contributed by atoms with Crippen molar-refractivity contribution in [1.82, 2.24) is 15.1 Å². The van der Waals surface area contributed by atoms with Gasteiger partial charge in [-0.2, -0.15) is 5.26 Å². The summed E-state index contributed by atoms with van der Waals surface area (Å²) in [5.74, 6) is -0.754. The SMILES string of the molecule is N#C/C(=C/c1coc2ccccc2c1=O)C(=O)Nc1nnc(CC(=O)N2CCCC2)s1. The Bertz CT molecular complexity index is 1280. The minimum atomic E-state index is -0.733. The van der Waals surface area contributed by atoms with Crippen molar-refractivity contribution in [3.05, 3.63) is 56.9 Å². The number of amides is 2. The minimum absolute atomic E-state index is 0.0211. The van der Waals surface area contributed by atoms with Gasteiger partial charge in [-0.3, -0.25) is 19.7 Å². The second kappa shape index (κ2) is 8.89. The van der Waals surface area contributed by atoms with Gasteiger partial charge in [0.2, 0.25) is 11.0 Å². The summed E-state index contributed by atoms with van der Waals surface area (Å²) in [6.45, 7) is 1.50. The zero-order valence-corrected chi connectivity index (χ0v) is 17.1. The number of fused-ring (bicyclic) bond motifs is 1. The van der Waals surface area contributed by atoms with Crippen molar-refractivity contribution < 1.29 is 14.0 Å². The lowest BCUT2D eigenvalue weighted by Gasteiger charge is -2.13. The average Bonchev–Trinajstić information content (AvgIpc) is 3.46. The highest BCUT2D eigenvalue weighted by Gasteiger charge is 2.20. The lowest BCUT2D eigenvalue weighted by atomic mass is 10.1. The summed E-state index contributed by atoms with van der Waals surface area (Å²) in [4.78, 5) is 39.1. The van der Waals surface area contributed by atoms with Crippen LogP contribution >= 0.6 is 11.3 Å². The number of anilines is 1. The number of benzene rings is 1. The van der Waals surface area contributed by atoms with Crippen LogP contribution in [0.2, 0.25) is 0 Å². The van der Waals surface area contributed by atoms with Crippen molar-refractivity contribution in [3.63, 3.8) is 0 Å². The fraction of sp³-hybridized carbons (Fsp3) is 0.238. The summed E-state index contributed by atoms with van der Waals surface area (Å²) in [6, 6.07) is 8.49. The van der Waals surface area contributed by atoms with Gasteiger partial charge in [0, 0.05) is 13.1 Å². The maximum absolute atomic E-state index is 12.6. The summed E-state index contributed by atoms with van der Waals surface area (Å²) in [7, 11) is 0. The van der Waals surface area contributed by atoms with E-state index in [1.54, 1.807) is 35.2 Å². The molecular weight excluding hydrogens is 418 g/mol. The predicted octanol–water partition coefficient (Wildman–Crippen LogP) is 2.36. The third-order valence-corrected chi connectivity index (χ3v) is 5.66. The van der Waals surface area contributed by atoms with Crippen molar-refractivity contribution in [1.29, 1.82) is 5.26 Å². The number of carbonyl (C=O) groups excluding carboxylic acids is 2. The molecule has 2 aromatic heterocycles. The number of nitrogens with one attached hydrogen (secondary N) is 1. The van der Waals surface area contributed by atoms with Gasteiger partial charge >= 0.3 is 0 Å². The third-order valence-electron chi connectivity index (χ3n) is 4.82. The summed E-state index contributed by atoms with van der Waals surface area (Å²) in [5, 5.41) is 20.7. The number of hydrogen-bond donors (Lipinski definition) is 1. The van der Waals surface area contributed by atoms with Crippen molar-refractivity contribution in [2.45, 2.75) is 19.3 Å². The van der Waals surface area contributed by atoms with Crippen LogP contribution in [0.15, 0.2) is 45.3 Å². The molecule has 10 heteroatoms. The Morgan fingerprint density at radius 2 is 2.03 bits per heavy atom. The molecule has 0 unspecified atom stereocenters. The minimum Gasteiger partial charge on any atom is -0.463 e. The third kappa shape index (κ3) is 4.51. The number of nitriles is 1. The molecule has 1 aliphatic heterocycles. The maximum atomic E-state index is 12.6. The highest BCUT2D eigenvalue weighted by atomic mass is 32.1. The van der Waals surface area contributed by atoms with Gasteiger partial charge < -0.3 is 9.32 Å². The molecule has 1 fully saturated rings. The Morgan fingerprint density at radius 1 is 1.26 bits per heavy atom. The highest BCUT2D eigenvalue weighted by Crippen LogP contribution is 2.19. The molecule has 0 bridgehead atoms. The van der Waals surface area contributed by atoms with Gasteiger partial charge in [0.1, 0.15) is 28.5 Å². The zero-order valence-electron chi connectivity index (χ0n) is 16.3. The Morgan fingerprint density at radius 3 is 2.81 bits per heavy atom. The van der Waals surface area contributed by atoms with E-state index in [1.165, 1.54) is 12.3 Å². The van der Waals surface area contributed by atoms with Crippen LogP contribution in [-0.2, 0) is 16.0 Å². The Balaban J connectivity index is 1.48. The predicted molar refractivity (Wildman–Crippen MR) is 114 cm³/mol. The largest absolute Gasteiger partial charge is 0.463 e. The molecule has 1 aromatic carbocycles. The van der Waals surface area contributed by atoms with E-state index in [0.29, 0.717) is 16.0 Å². The van der Waals surface area contributed by atoms with Crippen LogP contribution in [0.25, 0.3) is 17.0 Å². The summed E-state index contributed by atoms with van der Waals surface area (Å²) in [6.07, 6.45) is 4.51. The number of hydrogen-bond acceptors (Lipinski definition) is 8. The van der Waals surface area contributed by atoms with Gasteiger partial charge in [-0.1, -0.05) is 23.5 Å². The van der Waals surface area contributed by atoms with Gasteiger partial charge in [0.05, 0.1) is 17.4 Å². The van der Waals surface area contributed by atoms with Gasteiger partial charge in [0.25, 0.3) is 5.91 Å². The summed E-state index contributed by atoms with van der Waals surface area (Å²) in [5.41, 5.74) is -0.134. The molecule has 156 valence electrons. The first kappa shape index (κ1) is 20.4. The molecule has 0 spiro atoms. The van der Waals surface area contributed by atoms with Crippen LogP contribution < -0.4 is 10.7 Å². The van der Waals surface area contributed by atoms with E-state index >= 15 is 0 Å². The molecule has 0 atom stereocenters. The zero-order chi connectivity index (χ0) is 21.8. The molecule has 1 aliphatic rings. The molecule has 3 heterocycles. The second-order valence-electron chi connectivity index (χ2n) is 6.91. The first-order valence-electron chi connectivity index (χ1n) is 9.59. The highest BCUT2D eigenvalue weighted by molar-refractivity contribution is 7.15. The fourth-order valence-electron chi connectivity index (χ4n) is 3.24.